The van der Waals surface area contributed by atoms with Crippen LogP contribution in [0.5, 0.6) is 0 Å². The van der Waals surface area contributed by atoms with Crippen molar-refractivity contribution in [1.82, 2.24) is 20.1 Å². The maximum atomic E-state index is 5.35. The number of hydrogen-bond acceptors (Lipinski definition) is 7. The van der Waals surface area contributed by atoms with E-state index < -0.39 is 0 Å². The summed E-state index contributed by atoms with van der Waals surface area (Å²) in [6, 6.07) is 3.87. The van der Waals surface area contributed by atoms with E-state index >= 15 is 0 Å². The quantitative estimate of drug-likeness (QED) is 0.712. The molecule has 0 aromatic carbocycles. The zero-order chi connectivity index (χ0) is 17.1. The maximum Gasteiger partial charge on any atom is 0.258 e. The van der Waals surface area contributed by atoms with Crippen LogP contribution in [0.2, 0.25) is 0 Å². The lowest BCUT2D eigenvalue weighted by Gasteiger charge is -2.12. The highest BCUT2D eigenvalue weighted by Crippen LogP contribution is 2.24. The predicted molar refractivity (Wildman–Crippen MR) is 95.1 cm³/mol. The van der Waals surface area contributed by atoms with E-state index in [9.17, 15) is 0 Å². The second-order valence-electron chi connectivity index (χ2n) is 5.93. The Labute approximate surface area is 145 Å². The third kappa shape index (κ3) is 3.62. The van der Waals surface area contributed by atoms with Crippen molar-refractivity contribution in [2.45, 2.75) is 46.1 Å². The van der Waals surface area contributed by atoms with Gasteiger partial charge in [0.25, 0.3) is 5.89 Å². The molecule has 3 aromatic heterocycles. The van der Waals surface area contributed by atoms with Crippen LogP contribution in [0.25, 0.3) is 11.5 Å². The number of rotatable bonds is 6. The van der Waals surface area contributed by atoms with Crippen LogP contribution >= 0.6 is 11.3 Å². The fraction of sp³-hybridized carbons (Fsp3) is 0.412. The van der Waals surface area contributed by atoms with E-state index in [-0.39, 0.29) is 12.0 Å². The van der Waals surface area contributed by atoms with E-state index in [4.69, 9.17) is 4.52 Å². The summed E-state index contributed by atoms with van der Waals surface area (Å²) >= 11 is 1.69. The maximum absolute atomic E-state index is 5.35. The molecule has 1 unspecified atom stereocenters. The molecule has 0 aliphatic carbocycles. The third-order valence-electron chi connectivity index (χ3n) is 3.65. The summed E-state index contributed by atoms with van der Waals surface area (Å²) in [7, 11) is 0. The molecule has 3 aromatic rings. The van der Waals surface area contributed by atoms with Gasteiger partial charge in [-0.2, -0.15) is 4.98 Å². The molecule has 6 nitrogen and oxygen atoms in total. The van der Waals surface area contributed by atoms with Crippen molar-refractivity contribution in [1.29, 1.82) is 0 Å². The predicted octanol–water partition coefficient (Wildman–Crippen LogP) is 4.45. The van der Waals surface area contributed by atoms with Crippen molar-refractivity contribution in [2.75, 3.05) is 5.32 Å². The second kappa shape index (κ2) is 7.09. The first-order valence-corrected chi connectivity index (χ1v) is 8.95. The zero-order valence-electron chi connectivity index (χ0n) is 14.3. The molecule has 0 aliphatic rings. The van der Waals surface area contributed by atoms with Gasteiger partial charge in [-0.05, 0) is 25.5 Å². The summed E-state index contributed by atoms with van der Waals surface area (Å²) in [5.41, 5.74) is 1.88. The molecule has 0 saturated heterocycles. The van der Waals surface area contributed by atoms with E-state index in [0.717, 1.165) is 28.5 Å². The molecule has 0 saturated carbocycles. The summed E-state index contributed by atoms with van der Waals surface area (Å²) in [5.74, 6) is 2.22. The van der Waals surface area contributed by atoms with Crippen LogP contribution in [0.15, 0.2) is 28.2 Å². The Morgan fingerprint density at radius 3 is 2.75 bits per heavy atom. The van der Waals surface area contributed by atoms with Crippen molar-refractivity contribution in [3.8, 4) is 11.5 Å². The van der Waals surface area contributed by atoms with E-state index in [2.05, 4.69) is 44.7 Å². The summed E-state index contributed by atoms with van der Waals surface area (Å²) < 4.78 is 5.35. The Morgan fingerprint density at radius 1 is 1.25 bits per heavy atom. The van der Waals surface area contributed by atoms with Gasteiger partial charge in [0, 0.05) is 23.1 Å². The highest BCUT2D eigenvalue weighted by molar-refractivity contribution is 7.09. The molecule has 1 atom stereocenters. The first kappa shape index (κ1) is 16.6. The van der Waals surface area contributed by atoms with Gasteiger partial charge in [0.2, 0.25) is 0 Å². The molecule has 1 N–H and O–H groups in total. The average Bonchev–Trinajstić information content (AvgIpc) is 3.24. The van der Waals surface area contributed by atoms with Gasteiger partial charge in [-0.3, -0.25) is 0 Å². The fourth-order valence-electron chi connectivity index (χ4n) is 2.21. The molecule has 0 bridgehead atoms. The topological polar surface area (TPSA) is 76.7 Å². The molecule has 0 spiro atoms. The largest absolute Gasteiger partial charge is 0.362 e. The Kier molecular flexibility index (Phi) is 4.89. The molecule has 24 heavy (non-hydrogen) atoms. The number of nitrogens with one attached hydrogen (secondary N) is 1. The van der Waals surface area contributed by atoms with E-state index in [1.54, 1.807) is 17.5 Å². The smallest absolute Gasteiger partial charge is 0.258 e. The standard InChI is InChI=1S/C17H21N5OS/c1-5-15-20-13(9-24-15)11(4)19-14-8-12(6-7-18-14)17-21-16(10(2)3)22-23-17/h6-11H,5H2,1-4H3,(H,18,19). The van der Waals surface area contributed by atoms with Gasteiger partial charge in [0.05, 0.1) is 16.7 Å². The summed E-state index contributed by atoms with van der Waals surface area (Å²) in [6.07, 6.45) is 2.70. The summed E-state index contributed by atoms with van der Waals surface area (Å²) in [5, 5.41) is 10.6. The van der Waals surface area contributed by atoms with Crippen LogP contribution in [0.4, 0.5) is 5.82 Å². The Morgan fingerprint density at radius 2 is 2.08 bits per heavy atom. The lowest BCUT2D eigenvalue weighted by atomic mass is 10.2. The Balaban J connectivity index is 1.77. The van der Waals surface area contributed by atoms with Crippen LogP contribution < -0.4 is 5.32 Å². The van der Waals surface area contributed by atoms with Crippen LogP contribution in [-0.2, 0) is 6.42 Å². The van der Waals surface area contributed by atoms with Crippen molar-refractivity contribution >= 4 is 17.2 Å². The third-order valence-corrected chi connectivity index (χ3v) is 4.66. The van der Waals surface area contributed by atoms with Gasteiger partial charge in [0.1, 0.15) is 5.82 Å². The number of anilines is 1. The van der Waals surface area contributed by atoms with E-state index in [1.165, 1.54) is 0 Å². The second-order valence-corrected chi connectivity index (χ2v) is 6.87. The van der Waals surface area contributed by atoms with Gasteiger partial charge in [-0.25, -0.2) is 9.97 Å². The molecule has 3 heterocycles. The first-order valence-electron chi connectivity index (χ1n) is 8.07. The van der Waals surface area contributed by atoms with Crippen LogP contribution in [0, 0.1) is 0 Å². The van der Waals surface area contributed by atoms with Crippen molar-refractivity contribution < 1.29 is 4.52 Å². The Hall–Kier alpha value is -2.28. The normalized spacial score (nSPS) is 12.5. The molecular formula is C17H21N5OS. The van der Waals surface area contributed by atoms with Crippen molar-refractivity contribution in [3.05, 3.63) is 40.2 Å². The number of thiazole rings is 1. The highest BCUT2D eigenvalue weighted by Gasteiger charge is 2.14. The highest BCUT2D eigenvalue weighted by atomic mass is 32.1. The summed E-state index contributed by atoms with van der Waals surface area (Å²) in [6.45, 7) is 8.26. The minimum absolute atomic E-state index is 0.0817. The van der Waals surface area contributed by atoms with Gasteiger partial charge in [-0.1, -0.05) is 25.9 Å². The molecule has 7 heteroatoms. The minimum atomic E-state index is 0.0817. The average molecular weight is 343 g/mol. The van der Waals surface area contributed by atoms with Gasteiger partial charge in [0.15, 0.2) is 5.82 Å². The number of aryl methyl sites for hydroxylation is 1. The van der Waals surface area contributed by atoms with Crippen LogP contribution in [0.1, 0.15) is 56.2 Å². The molecular weight excluding hydrogens is 322 g/mol. The number of nitrogens with zero attached hydrogens (tertiary/aromatic N) is 4. The van der Waals surface area contributed by atoms with Gasteiger partial charge >= 0.3 is 0 Å². The number of aromatic nitrogens is 4. The van der Waals surface area contributed by atoms with E-state index in [0.29, 0.717) is 11.7 Å². The summed E-state index contributed by atoms with van der Waals surface area (Å²) in [4.78, 5) is 13.4. The van der Waals surface area contributed by atoms with E-state index in [1.807, 2.05) is 26.0 Å². The van der Waals surface area contributed by atoms with Crippen LogP contribution in [-0.4, -0.2) is 20.1 Å². The van der Waals surface area contributed by atoms with Crippen molar-refractivity contribution in [2.24, 2.45) is 0 Å². The number of pyridine rings is 1. The molecule has 0 fully saturated rings. The van der Waals surface area contributed by atoms with Gasteiger partial charge < -0.3 is 9.84 Å². The lowest BCUT2D eigenvalue weighted by molar-refractivity contribution is 0.419. The Bertz CT molecular complexity index is 811. The van der Waals surface area contributed by atoms with Crippen LogP contribution in [0.3, 0.4) is 0 Å². The SMILES string of the molecule is CCc1nc(C(C)Nc2cc(-c3nc(C(C)C)no3)ccn2)cs1. The monoisotopic (exact) mass is 343 g/mol. The fourth-order valence-corrected chi connectivity index (χ4v) is 3.05. The minimum Gasteiger partial charge on any atom is -0.362 e. The molecule has 0 radical (unpaired) electrons. The number of hydrogen-bond donors (Lipinski definition) is 1. The molecule has 0 aliphatic heterocycles. The molecule has 126 valence electrons. The molecule has 0 amide bonds. The molecule has 3 rings (SSSR count). The lowest BCUT2D eigenvalue weighted by Crippen LogP contribution is -2.08. The van der Waals surface area contributed by atoms with Crippen molar-refractivity contribution in [3.63, 3.8) is 0 Å². The first-order chi connectivity index (χ1) is 11.6. The zero-order valence-corrected chi connectivity index (χ0v) is 15.1. The van der Waals surface area contributed by atoms with Gasteiger partial charge in [-0.15, -0.1) is 11.3 Å².